The van der Waals surface area contributed by atoms with E-state index in [0.717, 1.165) is 0 Å². The molecule has 0 fully saturated rings. The van der Waals surface area contributed by atoms with Gasteiger partial charge in [-0.05, 0) is 32.8 Å². The molecule has 1 aliphatic rings. The van der Waals surface area contributed by atoms with Crippen molar-refractivity contribution in [1.29, 1.82) is 0 Å². The summed E-state index contributed by atoms with van der Waals surface area (Å²) in [7, 11) is 0. The van der Waals surface area contributed by atoms with Crippen molar-refractivity contribution < 1.29 is 23.0 Å². The van der Waals surface area contributed by atoms with Gasteiger partial charge in [0.25, 0.3) is 5.92 Å². The second kappa shape index (κ2) is 6.20. The van der Waals surface area contributed by atoms with E-state index < -0.39 is 30.3 Å². The molecule has 2 rings (SSSR count). The minimum atomic E-state index is -2.97. The zero-order valence-electron chi connectivity index (χ0n) is 13.0. The quantitative estimate of drug-likeness (QED) is 0.924. The lowest BCUT2D eigenvalue weighted by molar-refractivity contribution is -0.125. The lowest BCUT2D eigenvalue weighted by Crippen LogP contribution is -2.35. The van der Waals surface area contributed by atoms with Gasteiger partial charge >= 0.3 is 6.09 Å². The highest BCUT2D eigenvalue weighted by molar-refractivity contribution is 5.67. The van der Waals surface area contributed by atoms with Crippen molar-refractivity contribution in [3.05, 3.63) is 35.4 Å². The predicted molar refractivity (Wildman–Crippen MR) is 77.9 cm³/mol. The van der Waals surface area contributed by atoms with Crippen LogP contribution in [-0.2, 0) is 15.4 Å². The van der Waals surface area contributed by atoms with E-state index in [-0.39, 0.29) is 5.56 Å². The molecule has 1 N–H and O–H groups in total. The molecular formula is C16H21F2NO3. The number of nitrogens with one attached hydrogen (secondary N) is 1. The van der Waals surface area contributed by atoms with Crippen LogP contribution >= 0.6 is 0 Å². The molecule has 0 aliphatic carbocycles. The van der Waals surface area contributed by atoms with Gasteiger partial charge < -0.3 is 14.8 Å². The third kappa shape index (κ3) is 4.16. The minimum absolute atomic E-state index is 0.00326. The van der Waals surface area contributed by atoms with E-state index in [1.54, 1.807) is 39.0 Å². The van der Waals surface area contributed by atoms with Crippen LogP contribution in [0, 0.1) is 0 Å². The number of carbonyl (C=O) groups excluding carboxylic acids is 1. The summed E-state index contributed by atoms with van der Waals surface area (Å²) < 4.78 is 38.0. The highest BCUT2D eigenvalue weighted by Crippen LogP contribution is 2.41. The Hall–Kier alpha value is -1.69. The maximum absolute atomic E-state index is 13.8. The molecule has 1 amide bonds. The van der Waals surface area contributed by atoms with Gasteiger partial charge in [-0.25, -0.2) is 4.79 Å². The van der Waals surface area contributed by atoms with Crippen LogP contribution in [0.2, 0.25) is 0 Å². The van der Waals surface area contributed by atoms with Crippen molar-refractivity contribution in [2.45, 2.75) is 44.8 Å². The average molecular weight is 313 g/mol. The van der Waals surface area contributed by atoms with E-state index in [1.165, 1.54) is 6.07 Å². The highest BCUT2D eigenvalue weighted by Gasteiger charge is 2.40. The van der Waals surface area contributed by atoms with Gasteiger partial charge in [0.15, 0.2) is 0 Å². The molecule has 22 heavy (non-hydrogen) atoms. The van der Waals surface area contributed by atoms with Crippen LogP contribution in [-0.4, -0.2) is 24.8 Å². The fourth-order valence-electron chi connectivity index (χ4n) is 2.34. The van der Waals surface area contributed by atoms with Crippen LogP contribution in [0.4, 0.5) is 13.6 Å². The van der Waals surface area contributed by atoms with Crippen LogP contribution in [0.25, 0.3) is 0 Å². The van der Waals surface area contributed by atoms with E-state index in [9.17, 15) is 13.6 Å². The van der Waals surface area contributed by atoms with Gasteiger partial charge in [0.1, 0.15) is 12.2 Å². The number of amides is 1. The lowest BCUT2D eigenvalue weighted by atomic mass is 9.93. The number of alkyl carbamates (subject to hydrolysis) is 1. The Bertz CT molecular complexity index is 540. The molecule has 1 aromatic rings. The number of fused-ring (bicyclic) bond motifs is 1. The molecule has 6 heteroatoms. The van der Waals surface area contributed by atoms with Crippen LogP contribution < -0.4 is 5.32 Å². The molecule has 0 bridgehead atoms. The molecule has 1 heterocycles. The number of carbonyl (C=O) groups is 1. The fraction of sp³-hybridized carbons (Fsp3) is 0.562. The zero-order valence-corrected chi connectivity index (χ0v) is 13.0. The second-order valence-electron chi connectivity index (χ2n) is 6.31. The molecule has 0 saturated heterocycles. The minimum Gasteiger partial charge on any atom is -0.444 e. The Labute approximate surface area is 128 Å². The van der Waals surface area contributed by atoms with Gasteiger partial charge in [-0.15, -0.1) is 0 Å². The third-order valence-corrected chi connectivity index (χ3v) is 3.24. The number of halogens is 2. The summed E-state index contributed by atoms with van der Waals surface area (Å²) in [5.74, 6) is -2.97. The van der Waals surface area contributed by atoms with Gasteiger partial charge in [0.05, 0.1) is 6.10 Å². The Morgan fingerprint density at radius 3 is 2.77 bits per heavy atom. The van der Waals surface area contributed by atoms with Gasteiger partial charge in [-0.1, -0.05) is 24.3 Å². The van der Waals surface area contributed by atoms with Crippen molar-refractivity contribution >= 4 is 6.09 Å². The molecule has 1 unspecified atom stereocenters. The normalized spacial score (nSPS) is 20.1. The maximum Gasteiger partial charge on any atom is 0.407 e. The third-order valence-electron chi connectivity index (χ3n) is 3.24. The summed E-state index contributed by atoms with van der Waals surface area (Å²) in [6.07, 6.45) is -0.570. The summed E-state index contributed by atoms with van der Waals surface area (Å²) in [6.45, 7) is 4.97. The summed E-state index contributed by atoms with van der Waals surface area (Å²) in [5, 5.41) is 2.61. The fourth-order valence-corrected chi connectivity index (χ4v) is 2.34. The Morgan fingerprint density at radius 1 is 1.41 bits per heavy atom. The SMILES string of the molecule is CC(C)(C)OC(=O)NCCC1OCC(F)(F)c2ccccc21. The number of ether oxygens (including phenoxy) is 2. The topological polar surface area (TPSA) is 47.6 Å². The van der Waals surface area contributed by atoms with Crippen molar-refractivity contribution in [3.63, 3.8) is 0 Å². The molecule has 0 aromatic heterocycles. The van der Waals surface area contributed by atoms with Gasteiger partial charge in [0.2, 0.25) is 0 Å². The van der Waals surface area contributed by atoms with Crippen LogP contribution in [0.15, 0.2) is 24.3 Å². The number of rotatable bonds is 3. The van der Waals surface area contributed by atoms with E-state index in [4.69, 9.17) is 9.47 Å². The summed E-state index contributed by atoms with van der Waals surface area (Å²) in [6, 6.07) is 6.36. The monoisotopic (exact) mass is 313 g/mol. The number of hydrogen-bond donors (Lipinski definition) is 1. The molecule has 0 radical (unpaired) electrons. The predicted octanol–water partition coefficient (Wildman–Crippen LogP) is 3.76. The first-order valence-corrected chi connectivity index (χ1v) is 7.25. The smallest absolute Gasteiger partial charge is 0.407 e. The highest BCUT2D eigenvalue weighted by atomic mass is 19.3. The summed E-state index contributed by atoms with van der Waals surface area (Å²) >= 11 is 0. The average Bonchev–Trinajstić information content (AvgIpc) is 2.40. The van der Waals surface area contributed by atoms with Crippen LogP contribution in [0.3, 0.4) is 0 Å². The first-order valence-electron chi connectivity index (χ1n) is 7.25. The van der Waals surface area contributed by atoms with Gasteiger partial charge in [-0.2, -0.15) is 8.78 Å². The number of hydrogen-bond acceptors (Lipinski definition) is 3. The first-order chi connectivity index (χ1) is 10.2. The largest absolute Gasteiger partial charge is 0.444 e. The molecule has 4 nitrogen and oxygen atoms in total. The zero-order chi connectivity index (χ0) is 16.4. The van der Waals surface area contributed by atoms with E-state index in [0.29, 0.717) is 18.5 Å². The Morgan fingerprint density at radius 2 is 2.09 bits per heavy atom. The standard InChI is InChI=1S/C16H21F2NO3/c1-15(2,3)22-14(20)19-9-8-13-11-6-4-5-7-12(11)16(17,18)10-21-13/h4-7,13H,8-10H2,1-3H3,(H,19,20). The summed E-state index contributed by atoms with van der Waals surface area (Å²) in [5.41, 5.74) is -0.0895. The molecule has 0 saturated carbocycles. The van der Waals surface area contributed by atoms with Crippen molar-refractivity contribution in [2.24, 2.45) is 0 Å². The lowest BCUT2D eigenvalue weighted by Gasteiger charge is -2.31. The Balaban J connectivity index is 1.93. The van der Waals surface area contributed by atoms with Crippen molar-refractivity contribution in [1.82, 2.24) is 5.32 Å². The van der Waals surface area contributed by atoms with E-state index >= 15 is 0 Å². The number of alkyl halides is 2. The molecule has 1 aromatic carbocycles. The van der Waals surface area contributed by atoms with Gasteiger partial charge in [-0.3, -0.25) is 0 Å². The van der Waals surface area contributed by atoms with Crippen molar-refractivity contribution in [2.75, 3.05) is 13.2 Å². The summed E-state index contributed by atoms with van der Waals surface area (Å²) in [4.78, 5) is 11.6. The first kappa shape index (κ1) is 16.7. The van der Waals surface area contributed by atoms with E-state index in [2.05, 4.69) is 5.32 Å². The van der Waals surface area contributed by atoms with Crippen LogP contribution in [0.5, 0.6) is 0 Å². The van der Waals surface area contributed by atoms with Gasteiger partial charge in [0, 0.05) is 12.1 Å². The molecular weight excluding hydrogens is 292 g/mol. The van der Waals surface area contributed by atoms with Crippen LogP contribution in [0.1, 0.15) is 44.4 Å². The molecule has 122 valence electrons. The van der Waals surface area contributed by atoms with Crippen molar-refractivity contribution in [3.8, 4) is 0 Å². The second-order valence-corrected chi connectivity index (χ2v) is 6.31. The number of benzene rings is 1. The van der Waals surface area contributed by atoms with E-state index in [1.807, 2.05) is 0 Å². The maximum atomic E-state index is 13.8. The molecule has 1 aliphatic heterocycles. The molecule has 1 atom stereocenters. The molecule has 0 spiro atoms. The Kier molecular flexibility index (Phi) is 4.70.